The number of rotatable bonds is 5. The Morgan fingerprint density at radius 3 is 2.80 bits per heavy atom. The van der Waals surface area contributed by atoms with Gasteiger partial charge < -0.3 is 9.15 Å². The normalized spacial score (nSPS) is 14.2. The second-order valence-electron chi connectivity index (χ2n) is 7.63. The molecule has 0 fully saturated rings. The van der Waals surface area contributed by atoms with E-state index >= 15 is 0 Å². The minimum absolute atomic E-state index is 0.0289. The van der Waals surface area contributed by atoms with Crippen LogP contribution < -0.4 is 10.3 Å². The lowest BCUT2D eigenvalue weighted by Crippen LogP contribution is -2.36. The van der Waals surface area contributed by atoms with Gasteiger partial charge in [-0.3, -0.25) is 14.8 Å². The van der Waals surface area contributed by atoms with Crippen LogP contribution in [0, 0.1) is 6.92 Å². The Balaban J connectivity index is 1.41. The first kappa shape index (κ1) is 18.7. The number of nitrogens with zero attached hydrogens (tertiary/aromatic N) is 3. The SMILES string of the molecule is CCOc1ccc(CN2CCc3nc4cc(-c5ccoc5C)[nH]n4c(=O)c3C2)cc1. The van der Waals surface area contributed by atoms with E-state index in [0.717, 1.165) is 53.5 Å². The zero-order chi connectivity index (χ0) is 20.7. The van der Waals surface area contributed by atoms with Crippen LogP contribution in [0.4, 0.5) is 0 Å². The third-order valence-electron chi connectivity index (χ3n) is 5.63. The summed E-state index contributed by atoms with van der Waals surface area (Å²) in [4.78, 5) is 20.2. The molecular formula is C23H24N4O3. The number of aromatic nitrogens is 3. The van der Waals surface area contributed by atoms with E-state index in [0.29, 0.717) is 18.8 Å². The average Bonchev–Trinajstić information content (AvgIpc) is 3.36. The largest absolute Gasteiger partial charge is 0.494 e. The van der Waals surface area contributed by atoms with Gasteiger partial charge in [-0.15, -0.1) is 0 Å². The summed E-state index contributed by atoms with van der Waals surface area (Å²) >= 11 is 0. The third-order valence-corrected chi connectivity index (χ3v) is 5.63. The van der Waals surface area contributed by atoms with Crippen molar-refractivity contribution < 1.29 is 9.15 Å². The fraction of sp³-hybridized carbons (Fsp3) is 0.304. The lowest BCUT2D eigenvalue weighted by Gasteiger charge is -2.27. The van der Waals surface area contributed by atoms with E-state index in [1.165, 1.54) is 5.56 Å². The highest BCUT2D eigenvalue weighted by atomic mass is 16.5. The van der Waals surface area contributed by atoms with Crippen LogP contribution in [0.2, 0.25) is 0 Å². The zero-order valence-electron chi connectivity index (χ0n) is 17.1. The van der Waals surface area contributed by atoms with Crippen molar-refractivity contribution in [3.8, 4) is 17.0 Å². The molecule has 3 aromatic heterocycles. The number of fused-ring (bicyclic) bond motifs is 2. The van der Waals surface area contributed by atoms with Crippen LogP contribution in [-0.2, 0) is 19.5 Å². The van der Waals surface area contributed by atoms with Crippen molar-refractivity contribution in [2.45, 2.75) is 33.4 Å². The van der Waals surface area contributed by atoms with Gasteiger partial charge in [0.2, 0.25) is 0 Å². The number of hydrogen-bond donors (Lipinski definition) is 1. The van der Waals surface area contributed by atoms with Crippen molar-refractivity contribution in [3.05, 3.63) is 75.6 Å². The van der Waals surface area contributed by atoms with E-state index in [9.17, 15) is 4.79 Å². The monoisotopic (exact) mass is 404 g/mol. The Bertz CT molecular complexity index is 1250. The summed E-state index contributed by atoms with van der Waals surface area (Å²) in [5.41, 5.74) is 5.26. The van der Waals surface area contributed by atoms with Crippen LogP contribution in [0.15, 0.2) is 51.9 Å². The Hall–Kier alpha value is -3.32. The highest BCUT2D eigenvalue weighted by molar-refractivity contribution is 5.65. The van der Waals surface area contributed by atoms with Crippen molar-refractivity contribution in [1.82, 2.24) is 19.5 Å². The van der Waals surface area contributed by atoms with E-state index in [1.54, 1.807) is 10.8 Å². The van der Waals surface area contributed by atoms with E-state index in [4.69, 9.17) is 14.1 Å². The quantitative estimate of drug-likeness (QED) is 0.551. The number of aromatic amines is 1. The molecule has 0 spiro atoms. The topological polar surface area (TPSA) is 75.8 Å². The molecule has 0 aliphatic carbocycles. The molecule has 5 rings (SSSR count). The van der Waals surface area contributed by atoms with Crippen LogP contribution in [0.3, 0.4) is 0 Å². The number of nitrogens with one attached hydrogen (secondary N) is 1. The fourth-order valence-electron chi connectivity index (χ4n) is 4.09. The van der Waals surface area contributed by atoms with E-state index in [-0.39, 0.29) is 5.56 Å². The van der Waals surface area contributed by atoms with E-state index in [1.807, 2.05) is 38.1 Å². The highest BCUT2D eigenvalue weighted by Gasteiger charge is 2.23. The predicted octanol–water partition coefficient (Wildman–Crippen LogP) is 3.55. The maximum atomic E-state index is 13.2. The molecule has 0 bridgehead atoms. The average molecular weight is 404 g/mol. The van der Waals surface area contributed by atoms with Crippen LogP contribution in [-0.4, -0.2) is 32.6 Å². The summed E-state index contributed by atoms with van der Waals surface area (Å²) in [7, 11) is 0. The fourth-order valence-corrected chi connectivity index (χ4v) is 4.09. The third kappa shape index (κ3) is 3.31. The standard InChI is InChI=1S/C23H24N4O3/c1-3-29-17-6-4-16(5-7-17)13-26-10-8-20-19(14-26)23(28)27-22(24-20)12-21(25-27)18-9-11-30-15(18)2/h4-7,9,11-12,25H,3,8,10,13-14H2,1-2H3. The first-order valence-corrected chi connectivity index (χ1v) is 10.2. The maximum absolute atomic E-state index is 13.2. The van der Waals surface area contributed by atoms with Crippen molar-refractivity contribution in [1.29, 1.82) is 0 Å². The van der Waals surface area contributed by atoms with Gasteiger partial charge in [0.1, 0.15) is 11.5 Å². The molecule has 0 saturated heterocycles. The molecule has 4 aromatic rings. The van der Waals surface area contributed by atoms with Crippen LogP contribution in [0.1, 0.15) is 29.5 Å². The summed E-state index contributed by atoms with van der Waals surface area (Å²) < 4.78 is 12.5. The summed E-state index contributed by atoms with van der Waals surface area (Å²) in [6.45, 7) is 6.80. The molecule has 0 saturated carbocycles. The zero-order valence-corrected chi connectivity index (χ0v) is 17.1. The molecule has 0 unspecified atom stereocenters. The second kappa shape index (κ2) is 7.50. The lowest BCUT2D eigenvalue weighted by molar-refractivity contribution is 0.241. The van der Waals surface area contributed by atoms with Gasteiger partial charge in [-0.2, -0.15) is 0 Å². The van der Waals surface area contributed by atoms with Gasteiger partial charge in [0, 0.05) is 37.7 Å². The molecule has 1 N–H and O–H groups in total. The number of H-pyrrole nitrogens is 1. The molecule has 0 radical (unpaired) electrons. The number of ether oxygens (including phenoxy) is 1. The Morgan fingerprint density at radius 1 is 1.23 bits per heavy atom. The minimum atomic E-state index is -0.0289. The smallest absolute Gasteiger partial charge is 0.277 e. The summed E-state index contributed by atoms with van der Waals surface area (Å²) in [5.74, 6) is 1.69. The maximum Gasteiger partial charge on any atom is 0.277 e. The first-order valence-electron chi connectivity index (χ1n) is 10.2. The Labute approximate surface area is 173 Å². The molecule has 7 heteroatoms. The second-order valence-corrected chi connectivity index (χ2v) is 7.63. The van der Waals surface area contributed by atoms with Gasteiger partial charge in [-0.25, -0.2) is 9.50 Å². The predicted molar refractivity (Wildman–Crippen MR) is 114 cm³/mol. The Kier molecular flexibility index (Phi) is 4.67. The van der Waals surface area contributed by atoms with Gasteiger partial charge in [0.15, 0.2) is 5.65 Å². The molecule has 1 aliphatic rings. The molecule has 7 nitrogen and oxygen atoms in total. The molecule has 30 heavy (non-hydrogen) atoms. The lowest BCUT2D eigenvalue weighted by atomic mass is 10.1. The molecule has 0 atom stereocenters. The Morgan fingerprint density at radius 2 is 2.07 bits per heavy atom. The van der Waals surface area contributed by atoms with Crippen molar-refractivity contribution in [3.63, 3.8) is 0 Å². The van der Waals surface area contributed by atoms with Crippen LogP contribution in [0.25, 0.3) is 16.9 Å². The van der Waals surface area contributed by atoms with Crippen LogP contribution in [0.5, 0.6) is 5.75 Å². The molecule has 1 aliphatic heterocycles. The van der Waals surface area contributed by atoms with Crippen molar-refractivity contribution in [2.75, 3.05) is 13.2 Å². The minimum Gasteiger partial charge on any atom is -0.494 e. The number of benzene rings is 1. The van der Waals surface area contributed by atoms with Crippen molar-refractivity contribution in [2.24, 2.45) is 0 Å². The molecule has 154 valence electrons. The van der Waals surface area contributed by atoms with Gasteiger partial charge >= 0.3 is 0 Å². The molecule has 4 heterocycles. The van der Waals surface area contributed by atoms with Gasteiger partial charge in [-0.05, 0) is 37.6 Å². The van der Waals surface area contributed by atoms with E-state index in [2.05, 4.69) is 22.1 Å². The van der Waals surface area contributed by atoms with E-state index < -0.39 is 0 Å². The molecular weight excluding hydrogens is 380 g/mol. The van der Waals surface area contributed by atoms with Gasteiger partial charge in [0.25, 0.3) is 5.56 Å². The number of aryl methyl sites for hydroxylation is 1. The summed E-state index contributed by atoms with van der Waals surface area (Å²) in [6.07, 6.45) is 2.42. The number of hydrogen-bond acceptors (Lipinski definition) is 5. The van der Waals surface area contributed by atoms with Gasteiger partial charge in [0.05, 0.1) is 29.8 Å². The number of furan rings is 1. The molecule has 0 amide bonds. The molecule has 1 aromatic carbocycles. The van der Waals surface area contributed by atoms with Crippen molar-refractivity contribution >= 4 is 5.65 Å². The summed E-state index contributed by atoms with van der Waals surface area (Å²) in [6, 6.07) is 12.0. The van der Waals surface area contributed by atoms with Gasteiger partial charge in [-0.1, -0.05) is 12.1 Å². The summed E-state index contributed by atoms with van der Waals surface area (Å²) in [5, 5.41) is 3.19. The van der Waals surface area contributed by atoms with Crippen LogP contribution >= 0.6 is 0 Å². The highest BCUT2D eigenvalue weighted by Crippen LogP contribution is 2.24. The first-order chi connectivity index (χ1) is 14.6.